The van der Waals surface area contributed by atoms with Crippen molar-refractivity contribution in [3.05, 3.63) is 54.1 Å². The molecule has 2 nitrogen and oxygen atoms in total. The molecule has 0 heterocycles. The molecule has 1 atom stereocenters. The van der Waals surface area contributed by atoms with Crippen LogP contribution in [0.15, 0.2) is 53.4 Å². The summed E-state index contributed by atoms with van der Waals surface area (Å²) in [4.78, 5) is 1.11. The molecule has 0 aromatic heterocycles. The van der Waals surface area contributed by atoms with Crippen LogP contribution in [-0.2, 0) is 0 Å². The van der Waals surface area contributed by atoms with Crippen LogP contribution >= 0.6 is 11.8 Å². The van der Waals surface area contributed by atoms with Gasteiger partial charge < -0.3 is 9.84 Å². The third-order valence-corrected chi connectivity index (χ3v) is 3.73. The normalized spacial score (nSPS) is 12.2. The summed E-state index contributed by atoms with van der Waals surface area (Å²) in [5.41, 5.74) is 0.924. The zero-order valence-corrected chi connectivity index (χ0v) is 12.0. The largest absolute Gasteiger partial charge is 0.456 e. The lowest BCUT2D eigenvalue weighted by molar-refractivity contribution is 0.173. The first kappa shape index (κ1) is 14.0. The number of ether oxygens (including phenoxy) is 1. The van der Waals surface area contributed by atoms with Gasteiger partial charge >= 0.3 is 0 Å². The van der Waals surface area contributed by atoms with E-state index in [2.05, 4.69) is 0 Å². The van der Waals surface area contributed by atoms with Crippen molar-refractivity contribution in [2.24, 2.45) is 0 Å². The SMILES string of the molecule is CCC(O)c1ccc(Oc2ccccc2SC)cc1. The quantitative estimate of drug-likeness (QED) is 0.805. The average molecular weight is 274 g/mol. The minimum atomic E-state index is -0.396. The summed E-state index contributed by atoms with van der Waals surface area (Å²) in [6.45, 7) is 1.96. The third-order valence-electron chi connectivity index (χ3n) is 2.95. The Morgan fingerprint density at radius 3 is 2.42 bits per heavy atom. The first-order valence-electron chi connectivity index (χ1n) is 6.33. The molecule has 0 spiro atoms. The van der Waals surface area contributed by atoms with Crippen LogP contribution in [0.4, 0.5) is 0 Å². The second-order valence-corrected chi connectivity index (χ2v) is 5.09. The predicted octanol–water partition coefficient (Wildman–Crippen LogP) is 4.64. The molecule has 100 valence electrons. The van der Waals surface area contributed by atoms with Gasteiger partial charge in [-0.3, -0.25) is 0 Å². The molecule has 2 aromatic rings. The van der Waals surface area contributed by atoms with E-state index in [1.165, 1.54) is 0 Å². The van der Waals surface area contributed by atoms with Gasteiger partial charge in [0.25, 0.3) is 0 Å². The number of thioether (sulfide) groups is 1. The van der Waals surface area contributed by atoms with Crippen LogP contribution in [0.5, 0.6) is 11.5 Å². The maximum absolute atomic E-state index is 9.75. The summed E-state index contributed by atoms with van der Waals surface area (Å²) in [7, 11) is 0. The lowest BCUT2D eigenvalue weighted by Crippen LogP contribution is -1.94. The van der Waals surface area contributed by atoms with Crippen LogP contribution in [0, 0.1) is 0 Å². The van der Waals surface area contributed by atoms with Crippen molar-refractivity contribution < 1.29 is 9.84 Å². The first-order chi connectivity index (χ1) is 9.24. The van der Waals surface area contributed by atoms with E-state index in [0.29, 0.717) is 0 Å². The van der Waals surface area contributed by atoms with Gasteiger partial charge in [0.2, 0.25) is 0 Å². The molecule has 1 N–H and O–H groups in total. The fraction of sp³-hybridized carbons (Fsp3) is 0.250. The second-order valence-electron chi connectivity index (χ2n) is 4.25. The minimum absolute atomic E-state index is 0.396. The van der Waals surface area contributed by atoms with Crippen molar-refractivity contribution in [2.45, 2.75) is 24.3 Å². The molecule has 19 heavy (non-hydrogen) atoms. The van der Waals surface area contributed by atoms with E-state index in [-0.39, 0.29) is 0 Å². The molecule has 0 aliphatic heterocycles. The Balaban J connectivity index is 2.15. The minimum Gasteiger partial charge on any atom is -0.456 e. The standard InChI is InChI=1S/C16H18O2S/c1-3-14(17)12-8-10-13(11-9-12)18-15-6-4-5-7-16(15)19-2/h4-11,14,17H,3H2,1-2H3. The Morgan fingerprint density at radius 2 is 1.79 bits per heavy atom. The molecule has 3 heteroatoms. The highest BCUT2D eigenvalue weighted by atomic mass is 32.2. The molecule has 0 aliphatic rings. The smallest absolute Gasteiger partial charge is 0.140 e. The van der Waals surface area contributed by atoms with Gasteiger partial charge in [-0.15, -0.1) is 11.8 Å². The van der Waals surface area contributed by atoms with E-state index in [1.807, 2.05) is 61.7 Å². The maximum atomic E-state index is 9.75. The number of para-hydroxylation sites is 1. The zero-order chi connectivity index (χ0) is 13.7. The van der Waals surface area contributed by atoms with Crippen molar-refractivity contribution in [1.29, 1.82) is 0 Å². The molecular formula is C16H18O2S. The molecule has 0 bridgehead atoms. The Kier molecular flexibility index (Phi) is 4.88. The van der Waals surface area contributed by atoms with Gasteiger partial charge in [-0.2, -0.15) is 0 Å². The lowest BCUT2D eigenvalue weighted by atomic mass is 10.1. The van der Waals surface area contributed by atoms with Crippen molar-refractivity contribution in [1.82, 2.24) is 0 Å². The van der Waals surface area contributed by atoms with E-state index in [1.54, 1.807) is 11.8 Å². The number of hydrogen-bond acceptors (Lipinski definition) is 3. The molecule has 0 radical (unpaired) electrons. The summed E-state index contributed by atoms with van der Waals surface area (Å²) in [6.07, 6.45) is 2.35. The van der Waals surface area contributed by atoms with E-state index in [0.717, 1.165) is 28.4 Å². The summed E-state index contributed by atoms with van der Waals surface area (Å²) >= 11 is 1.66. The van der Waals surface area contributed by atoms with Crippen molar-refractivity contribution in [3.8, 4) is 11.5 Å². The van der Waals surface area contributed by atoms with Crippen LogP contribution in [0.3, 0.4) is 0 Å². The van der Waals surface area contributed by atoms with Crippen LogP contribution in [0.2, 0.25) is 0 Å². The van der Waals surface area contributed by atoms with Crippen LogP contribution in [-0.4, -0.2) is 11.4 Å². The summed E-state index contributed by atoms with van der Waals surface area (Å²) in [5.74, 6) is 1.65. The van der Waals surface area contributed by atoms with E-state index in [4.69, 9.17) is 4.74 Å². The number of aliphatic hydroxyl groups is 1. The van der Waals surface area contributed by atoms with Gasteiger partial charge in [-0.1, -0.05) is 31.2 Å². The first-order valence-corrected chi connectivity index (χ1v) is 7.56. The number of hydrogen-bond donors (Lipinski definition) is 1. The Labute approximate surface area is 118 Å². The monoisotopic (exact) mass is 274 g/mol. The highest BCUT2D eigenvalue weighted by Gasteiger charge is 2.06. The van der Waals surface area contributed by atoms with E-state index >= 15 is 0 Å². The van der Waals surface area contributed by atoms with Crippen molar-refractivity contribution >= 4 is 11.8 Å². The predicted molar refractivity (Wildman–Crippen MR) is 80.0 cm³/mol. The molecule has 2 aromatic carbocycles. The van der Waals surface area contributed by atoms with E-state index < -0.39 is 6.10 Å². The average Bonchev–Trinajstić information content (AvgIpc) is 2.48. The highest BCUT2D eigenvalue weighted by Crippen LogP contribution is 2.31. The van der Waals surface area contributed by atoms with Gasteiger partial charge in [0.1, 0.15) is 11.5 Å². The van der Waals surface area contributed by atoms with Gasteiger partial charge in [0.05, 0.1) is 6.10 Å². The molecule has 0 saturated heterocycles. The van der Waals surface area contributed by atoms with Gasteiger partial charge in [0.15, 0.2) is 0 Å². The van der Waals surface area contributed by atoms with Crippen LogP contribution < -0.4 is 4.74 Å². The van der Waals surface area contributed by atoms with Gasteiger partial charge in [-0.25, -0.2) is 0 Å². The van der Waals surface area contributed by atoms with Crippen LogP contribution in [0.25, 0.3) is 0 Å². The fourth-order valence-electron chi connectivity index (χ4n) is 1.82. The zero-order valence-electron chi connectivity index (χ0n) is 11.2. The molecule has 0 amide bonds. The third kappa shape index (κ3) is 3.52. The summed E-state index contributed by atoms with van der Waals surface area (Å²) < 4.78 is 5.87. The molecule has 0 aliphatic carbocycles. The van der Waals surface area contributed by atoms with E-state index in [9.17, 15) is 5.11 Å². The van der Waals surface area contributed by atoms with Crippen molar-refractivity contribution in [2.75, 3.05) is 6.26 Å². The summed E-state index contributed by atoms with van der Waals surface area (Å²) in [5, 5.41) is 9.75. The fourth-order valence-corrected chi connectivity index (χ4v) is 2.35. The topological polar surface area (TPSA) is 29.5 Å². The van der Waals surface area contributed by atoms with Crippen molar-refractivity contribution in [3.63, 3.8) is 0 Å². The Bertz CT molecular complexity index is 523. The van der Waals surface area contributed by atoms with Gasteiger partial charge in [-0.05, 0) is 42.5 Å². The van der Waals surface area contributed by atoms with Crippen LogP contribution in [0.1, 0.15) is 25.0 Å². The molecule has 2 rings (SSSR count). The summed E-state index contributed by atoms with van der Waals surface area (Å²) in [6, 6.07) is 15.6. The molecule has 1 unspecified atom stereocenters. The Hall–Kier alpha value is -1.45. The number of aliphatic hydroxyl groups excluding tert-OH is 1. The Morgan fingerprint density at radius 1 is 1.11 bits per heavy atom. The molecule has 0 saturated carbocycles. The number of rotatable bonds is 5. The lowest BCUT2D eigenvalue weighted by Gasteiger charge is -2.11. The maximum Gasteiger partial charge on any atom is 0.140 e. The van der Waals surface area contributed by atoms with Gasteiger partial charge in [0, 0.05) is 4.90 Å². The number of benzene rings is 2. The molecular weight excluding hydrogens is 256 g/mol. The molecule has 0 fully saturated rings. The highest BCUT2D eigenvalue weighted by molar-refractivity contribution is 7.98. The second kappa shape index (κ2) is 6.64.